The molecular weight excluding hydrogens is 478 g/mol. The number of nitro groups is 1. The van der Waals surface area contributed by atoms with E-state index in [0.717, 1.165) is 29.5 Å². The highest BCUT2D eigenvalue weighted by Crippen LogP contribution is 2.30. The number of benzene rings is 3. The van der Waals surface area contributed by atoms with Gasteiger partial charge in [-0.15, -0.1) is 0 Å². The summed E-state index contributed by atoms with van der Waals surface area (Å²) in [6.45, 7) is 0. The number of halogens is 2. The van der Waals surface area contributed by atoms with E-state index in [2.05, 4.69) is 10.3 Å². The van der Waals surface area contributed by atoms with Crippen LogP contribution in [-0.2, 0) is 9.59 Å². The van der Waals surface area contributed by atoms with Crippen LogP contribution >= 0.6 is 11.8 Å². The maximum absolute atomic E-state index is 13.4. The van der Waals surface area contributed by atoms with Crippen LogP contribution in [-0.4, -0.2) is 27.7 Å². The molecule has 1 heterocycles. The van der Waals surface area contributed by atoms with Crippen LogP contribution in [0.4, 0.5) is 25.8 Å². The topological polar surface area (TPSA) is 105 Å². The second-order valence-corrected chi connectivity index (χ2v) is 8.15. The Labute approximate surface area is 202 Å². The molecule has 1 aliphatic rings. The van der Waals surface area contributed by atoms with Crippen molar-refractivity contribution in [1.82, 2.24) is 0 Å². The Morgan fingerprint density at radius 2 is 1.74 bits per heavy atom. The number of nitro benzene ring substituents is 1. The number of nitrogens with zero attached hydrogens (tertiary/aromatic N) is 3. The van der Waals surface area contributed by atoms with E-state index in [1.165, 1.54) is 29.2 Å². The SMILES string of the molecule is O=C(CSC1=NC(=Cc2ccccc2)C(=O)N1c1ccc(F)cc1)Nc1ccc(F)cc1[N+](=O)[O-]. The largest absolute Gasteiger partial charge is 0.320 e. The molecule has 0 saturated heterocycles. The molecule has 0 aromatic heterocycles. The van der Waals surface area contributed by atoms with E-state index in [1.807, 2.05) is 18.2 Å². The fourth-order valence-corrected chi connectivity index (χ4v) is 4.01. The minimum atomic E-state index is -0.810. The van der Waals surface area contributed by atoms with Crippen molar-refractivity contribution >= 4 is 51.9 Å². The van der Waals surface area contributed by atoms with Crippen molar-refractivity contribution in [1.29, 1.82) is 0 Å². The first kappa shape index (κ1) is 23.8. The van der Waals surface area contributed by atoms with Gasteiger partial charge in [-0.2, -0.15) is 0 Å². The normalized spacial score (nSPS) is 14.2. The van der Waals surface area contributed by atoms with Gasteiger partial charge in [0.05, 0.1) is 22.4 Å². The maximum atomic E-state index is 13.4. The first-order chi connectivity index (χ1) is 16.8. The molecule has 3 aromatic rings. The van der Waals surface area contributed by atoms with Gasteiger partial charge in [-0.25, -0.2) is 13.8 Å². The average molecular weight is 494 g/mol. The van der Waals surface area contributed by atoms with Crippen molar-refractivity contribution in [3.63, 3.8) is 0 Å². The molecule has 0 spiro atoms. The zero-order valence-electron chi connectivity index (χ0n) is 17.9. The van der Waals surface area contributed by atoms with E-state index >= 15 is 0 Å². The molecule has 0 unspecified atom stereocenters. The third-order valence-electron chi connectivity index (χ3n) is 4.78. The zero-order chi connectivity index (χ0) is 24.9. The molecule has 0 fully saturated rings. The Balaban J connectivity index is 1.56. The molecule has 4 rings (SSSR count). The molecule has 35 heavy (non-hydrogen) atoms. The summed E-state index contributed by atoms with van der Waals surface area (Å²) in [5, 5.41) is 13.7. The average Bonchev–Trinajstić information content (AvgIpc) is 3.14. The number of hydrogen-bond donors (Lipinski definition) is 1. The number of amidine groups is 1. The Morgan fingerprint density at radius 3 is 2.43 bits per heavy atom. The molecule has 11 heteroatoms. The van der Waals surface area contributed by atoms with Crippen molar-refractivity contribution in [2.75, 3.05) is 16.0 Å². The van der Waals surface area contributed by atoms with E-state index in [0.29, 0.717) is 11.8 Å². The lowest BCUT2D eigenvalue weighted by molar-refractivity contribution is -0.384. The van der Waals surface area contributed by atoms with E-state index in [4.69, 9.17) is 0 Å². The van der Waals surface area contributed by atoms with Gasteiger partial charge in [0.1, 0.15) is 23.0 Å². The van der Waals surface area contributed by atoms with Crippen molar-refractivity contribution in [2.24, 2.45) is 4.99 Å². The summed E-state index contributed by atoms with van der Waals surface area (Å²) < 4.78 is 26.8. The summed E-state index contributed by atoms with van der Waals surface area (Å²) in [5.74, 6) is -2.63. The van der Waals surface area contributed by atoms with Crippen LogP contribution in [0.2, 0.25) is 0 Å². The molecule has 1 N–H and O–H groups in total. The summed E-state index contributed by atoms with van der Waals surface area (Å²) in [5.41, 5.74) is 0.474. The first-order valence-corrected chi connectivity index (χ1v) is 11.1. The second-order valence-electron chi connectivity index (χ2n) is 7.21. The summed E-state index contributed by atoms with van der Waals surface area (Å²) in [6.07, 6.45) is 1.59. The van der Waals surface area contributed by atoms with Crippen molar-refractivity contribution in [2.45, 2.75) is 0 Å². The minimum Gasteiger partial charge on any atom is -0.320 e. The lowest BCUT2D eigenvalue weighted by atomic mass is 10.2. The van der Waals surface area contributed by atoms with Gasteiger partial charge in [-0.05, 0) is 48.0 Å². The number of aliphatic imine (C=N–C) groups is 1. The predicted molar refractivity (Wildman–Crippen MR) is 130 cm³/mol. The van der Waals surface area contributed by atoms with Gasteiger partial charge in [0.25, 0.3) is 11.6 Å². The molecule has 2 amide bonds. The van der Waals surface area contributed by atoms with Gasteiger partial charge in [0.15, 0.2) is 5.17 Å². The summed E-state index contributed by atoms with van der Waals surface area (Å²) >= 11 is 0.919. The molecule has 0 atom stereocenters. The summed E-state index contributed by atoms with van der Waals surface area (Å²) in [4.78, 5) is 41.6. The van der Waals surface area contributed by atoms with Crippen LogP contribution in [0.25, 0.3) is 6.08 Å². The number of anilines is 2. The standard InChI is InChI=1S/C24H16F2N4O4S/c25-16-6-9-18(10-7-16)29-23(32)20(12-15-4-2-1-3-5-15)28-24(29)35-14-22(31)27-19-11-8-17(26)13-21(19)30(33)34/h1-13H,14H2,(H,27,31). The molecule has 8 nitrogen and oxygen atoms in total. The van der Waals surface area contributed by atoms with Crippen molar-refractivity contribution < 1.29 is 23.3 Å². The number of carbonyl (C=O) groups excluding carboxylic acids is 2. The predicted octanol–water partition coefficient (Wildman–Crippen LogP) is 4.99. The van der Waals surface area contributed by atoms with Crippen molar-refractivity contribution in [3.8, 4) is 0 Å². The minimum absolute atomic E-state index is 0.123. The molecule has 0 bridgehead atoms. The lowest BCUT2D eigenvalue weighted by Crippen LogP contribution is -2.31. The number of rotatable bonds is 6. The first-order valence-electron chi connectivity index (χ1n) is 10.1. The highest BCUT2D eigenvalue weighted by atomic mass is 32.2. The van der Waals surface area contributed by atoms with Crippen molar-refractivity contribution in [3.05, 3.63) is 106 Å². The summed E-state index contributed by atoms with van der Waals surface area (Å²) in [6, 6.07) is 17.1. The van der Waals surface area contributed by atoms with E-state index in [9.17, 15) is 28.5 Å². The van der Waals surface area contributed by atoms with E-state index in [-0.39, 0.29) is 22.3 Å². The van der Waals surface area contributed by atoms with Gasteiger partial charge in [0, 0.05) is 0 Å². The smallest absolute Gasteiger partial charge is 0.295 e. The van der Waals surface area contributed by atoms with E-state index < -0.39 is 34.1 Å². The fraction of sp³-hybridized carbons (Fsp3) is 0.0417. The Kier molecular flexibility index (Phi) is 6.97. The quantitative estimate of drug-likeness (QED) is 0.295. The Bertz CT molecular complexity index is 1360. The molecule has 176 valence electrons. The molecule has 0 aliphatic carbocycles. The van der Waals surface area contributed by atoms with Crippen LogP contribution in [0.5, 0.6) is 0 Å². The number of thioether (sulfide) groups is 1. The van der Waals surface area contributed by atoms with Crippen LogP contribution in [0.15, 0.2) is 83.5 Å². The number of hydrogen-bond acceptors (Lipinski definition) is 6. The fourth-order valence-electron chi connectivity index (χ4n) is 3.20. The maximum Gasteiger partial charge on any atom is 0.295 e. The highest BCUT2D eigenvalue weighted by molar-refractivity contribution is 8.14. The van der Waals surface area contributed by atoms with Gasteiger partial charge in [0.2, 0.25) is 5.91 Å². The van der Waals surface area contributed by atoms with Crippen LogP contribution < -0.4 is 10.2 Å². The molecular formula is C24H16F2N4O4S. The third kappa shape index (κ3) is 5.58. The van der Waals surface area contributed by atoms with Gasteiger partial charge < -0.3 is 5.32 Å². The molecule has 0 radical (unpaired) electrons. The highest BCUT2D eigenvalue weighted by Gasteiger charge is 2.32. The third-order valence-corrected chi connectivity index (χ3v) is 5.72. The zero-order valence-corrected chi connectivity index (χ0v) is 18.7. The summed E-state index contributed by atoms with van der Waals surface area (Å²) in [7, 11) is 0. The Morgan fingerprint density at radius 1 is 1.06 bits per heavy atom. The van der Waals surface area contributed by atoms with E-state index in [1.54, 1.807) is 18.2 Å². The van der Waals surface area contributed by atoms with Crippen LogP contribution in [0.3, 0.4) is 0 Å². The monoisotopic (exact) mass is 494 g/mol. The molecule has 1 aliphatic heterocycles. The second kappa shape index (κ2) is 10.3. The number of amides is 2. The van der Waals surface area contributed by atoms with Crippen LogP contribution in [0.1, 0.15) is 5.56 Å². The van der Waals surface area contributed by atoms with Gasteiger partial charge in [-0.1, -0.05) is 42.1 Å². The Hall–Kier alpha value is -4.38. The van der Waals surface area contributed by atoms with Gasteiger partial charge in [-0.3, -0.25) is 24.6 Å². The molecule has 3 aromatic carbocycles. The lowest BCUT2D eigenvalue weighted by Gasteiger charge is -2.17. The number of carbonyl (C=O) groups is 2. The molecule has 0 saturated carbocycles. The number of nitrogens with one attached hydrogen (secondary N) is 1. The van der Waals surface area contributed by atoms with Gasteiger partial charge >= 0.3 is 0 Å². The van der Waals surface area contributed by atoms with Crippen LogP contribution in [0, 0.1) is 21.7 Å².